The summed E-state index contributed by atoms with van der Waals surface area (Å²) in [5.74, 6) is 0.804. The number of unbranched alkanes of at least 4 members (excludes halogenated alkanes) is 3. The van der Waals surface area contributed by atoms with Gasteiger partial charge in [-0.3, -0.25) is 0 Å². The van der Waals surface area contributed by atoms with Crippen LogP contribution in [0.5, 0.6) is 0 Å². The summed E-state index contributed by atoms with van der Waals surface area (Å²) in [6, 6.07) is 0. The van der Waals surface area contributed by atoms with Crippen molar-refractivity contribution in [1.82, 2.24) is 0 Å². The molecule has 96 valence electrons. The van der Waals surface area contributed by atoms with Gasteiger partial charge in [-0.2, -0.15) is 0 Å². The third kappa shape index (κ3) is 4.52. The van der Waals surface area contributed by atoms with Gasteiger partial charge in [-0.05, 0) is 32.1 Å². The van der Waals surface area contributed by atoms with Crippen molar-refractivity contribution in [3.05, 3.63) is 0 Å². The van der Waals surface area contributed by atoms with Gasteiger partial charge in [0.25, 0.3) is 0 Å². The van der Waals surface area contributed by atoms with Gasteiger partial charge < -0.3 is 4.74 Å². The first-order valence-corrected chi connectivity index (χ1v) is 8.23. The van der Waals surface area contributed by atoms with Crippen molar-refractivity contribution in [3.63, 3.8) is 0 Å². The Morgan fingerprint density at radius 1 is 1.19 bits per heavy atom. The lowest BCUT2D eigenvalue weighted by atomic mass is 9.86. The summed E-state index contributed by atoms with van der Waals surface area (Å²) in [5.41, 5.74) is 0. The molecule has 0 radical (unpaired) electrons. The number of hydrogen-bond donors (Lipinski definition) is 0. The van der Waals surface area contributed by atoms with Gasteiger partial charge >= 0.3 is 0 Å². The van der Waals surface area contributed by atoms with E-state index >= 15 is 0 Å². The first-order valence-electron chi connectivity index (χ1n) is 6.98. The molecule has 0 aromatic heterocycles. The predicted octanol–water partition coefficient (Wildman–Crippen LogP) is 4.96. The van der Waals surface area contributed by atoms with Crippen LogP contribution in [-0.2, 0) is 4.74 Å². The van der Waals surface area contributed by atoms with E-state index in [1.807, 2.05) is 0 Å². The molecule has 0 amide bonds. The number of ether oxygens (including phenoxy) is 1. The molecule has 0 N–H and O–H groups in total. The number of alkyl halides is 1. The maximum Gasteiger partial charge on any atom is 0.0614 e. The molecular formula is C14H27IO. The largest absolute Gasteiger partial charge is 0.375 e. The normalized spacial score (nSPS) is 35.2. The summed E-state index contributed by atoms with van der Waals surface area (Å²) < 4.78 is 6.90. The standard InChI is InChI=1S/C14H27IO/c1-4-6-7-8-9-12-13(15)10-11(3)16-14(12)5-2/h11-14H,4-10H2,1-3H3/t11-,12-,13+,14+/m1/s1. The van der Waals surface area contributed by atoms with Crippen molar-refractivity contribution in [3.8, 4) is 0 Å². The lowest BCUT2D eigenvalue weighted by molar-refractivity contribution is -0.0725. The summed E-state index contributed by atoms with van der Waals surface area (Å²) in [6.45, 7) is 6.77. The van der Waals surface area contributed by atoms with E-state index in [-0.39, 0.29) is 0 Å². The van der Waals surface area contributed by atoms with Crippen LogP contribution >= 0.6 is 22.6 Å². The second-order valence-electron chi connectivity index (χ2n) is 5.16. The maximum absolute atomic E-state index is 6.07. The molecule has 1 heterocycles. The first kappa shape index (κ1) is 14.7. The van der Waals surface area contributed by atoms with Crippen LogP contribution in [0.4, 0.5) is 0 Å². The fourth-order valence-electron chi connectivity index (χ4n) is 2.75. The lowest BCUT2D eigenvalue weighted by Gasteiger charge is -2.38. The molecule has 0 aromatic rings. The molecule has 2 heteroatoms. The van der Waals surface area contributed by atoms with Crippen LogP contribution in [0, 0.1) is 5.92 Å². The van der Waals surface area contributed by atoms with Crippen molar-refractivity contribution >= 4 is 22.6 Å². The van der Waals surface area contributed by atoms with Crippen LogP contribution in [0.3, 0.4) is 0 Å². The fraction of sp³-hybridized carbons (Fsp3) is 1.00. The van der Waals surface area contributed by atoms with E-state index in [9.17, 15) is 0 Å². The quantitative estimate of drug-likeness (QED) is 0.378. The molecule has 0 spiro atoms. The highest BCUT2D eigenvalue weighted by Crippen LogP contribution is 2.35. The van der Waals surface area contributed by atoms with Crippen LogP contribution < -0.4 is 0 Å². The number of rotatable bonds is 6. The van der Waals surface area contributed by atoms with Crippen molar-refractivity contribution in [2.24, 2.45) is 5.92 Å². The number of halogens is 1. The van der Waals surface area contributed by atoms with Crippen molar-refractivity contribution in [2.75, 3.05) is 0 Å². The SMILES string of the molecule is CCCCCC[C@H]1[C@H](CC)O[C@H](C)C[C@@H]1I. The minimum absolute atomic E-state index is 0.471. The Bertz CT molecular complexity index is 184. The summed E-state index contributed by atoms with van der Waals surface area (Å²) in [7, 11) is 0. The van der Waals surface area contributed by atoms with E-state index in [1.165, 1.54) is 44.9 Å². The zero-order valence-electron chi connectivity index (χ0n) is 11.0. The van der Waals surface area contributed by atoms with Crippen LogP contribution in [0.1, 0.15) is 65.7 Å². The van der Waals surface area contributed by atoms with E-state index in [0.29, 0.717) is 12.2 Å². The minimum Gasteiger partial charge on any atom is -0.375 e. The van der Waals surface area contributed by atoms with E-state index in [1.54, 1.807) is 0 Å². The molecule has 1 rings (SSSR count). The second-order valence-corrected chi connectivity index (χ2v) is 6.76. The van der Waals surface area contributed by atoms with E-state index in [4.69, 9.17) is 4.74 Å². The third-order valence-corrected chi connectivity index (χ3v) is 5.13. The molecule has 16 heavy (non-hydrogen) atoms. The Kier molecular flexibility index (Phi) is 7.29. The fourth-order valence-corrected chi connectivity index (χ4v) is 4.29. The first-order chi connectivity index (χ1) is 7.69. The van der Waals surface area contributed by atoms with Crippen LogP contribution in [0.25, 0.3) is 0 Å². The van der Waals surface area contributed by atoms with Gasteiger partial charge in [-0.15, -0.1) is 0 Å². The van der Waals surface area contributed by atoms with Gasteiger partial charge in [-0.1, -0.05) is 62.1 Å². The van der Waals surface area contributed by atoms with Gasteiger partial charge in [-0.25, -0.2) is 0 Å². The predicted molar refractivity (Wildman–Crippen MR) is 79.3 cm³/mol. The van der Waals surface area contributed by atoms with E-state index in [2.05, 4.69) is 43.4 Å². The van der Waals surface area contributed by atoms with Crippen molar-refractivity contribution in [2.45, 2.75) is 81.8 Å². The smallest absolute Gasteiger partial charge is 0.0614 e. The van der Waals surface area contributed by atoms with Gasteiger partial charge in [0, 0.05) is 3.92 Å². The Morgan fingerprint density at radius 3 is 2.56 bits per heavy atom. The zero-order valence-corrected chi connectivity index (χ0v) is 13.2. The Hall–Kier alpha value is 0.690. The maximum atomic E-state index is 6.07. The summed E-state index contributed by atoms with van der Waals surface area (Å²) in [6.07, 6.45) is 10.3. The number of hydrogen-bond acceptors (Lipinski definition) is 1. The van der Waals surface area contributed by atoms with Crippen LogP contribution in [0.15, 0.2) is 0 Å². The third-order valence-electron chi connectivity index (χ3n) is 3.70. The van der Waals surface area contributed by atoms with E-state index < -0.39 is 0 Å². The van der Waals surface area contributed by atoms with Gasteiger partial charge in [0.05, 0.1) is 12.2 Å². The highest BCUT2D eigenvalue weighted by Gasteiger charge is 2.33. The Labute approximate surface area is 115 Å². The molecule has 1 fully saturated rings. The molecule has 0 aliphatic carbocycles. The summed E-state index contributed by atoms with van der Waals surface area (Å²) >= 11 is 2.65. The molecular weight excluding hydrogens is 311 g/mol. The average Bonchev–Trinajstić information content (AvgIpc) is 2.26. The van der Waals surface area contributed by atoms with Gasteiger partial charge in [0.1, 0.15) is 0 Å². The molecule has 1 aliphatic heterocycles. The van der Waals surface area contributed by atoms with Crippen LogP contribution in [0.2, 0.25) is 0 Å². The van der Waals surface area contributed by atoms with Crippen LogP contribution in [-0.4, -0.2) is 16.1 Å². The minimum atomic E-state index is 0.471. The molecule has 0 aromatic carbocycles. The summed E-state index contributed by atoms with van der Waals surface area (Å²) in [5, 5.41) is 0. The summed E-state index contributed by atoms with van der Waals surface area (Å²) in [4.78, 5) is 0. The molecule has 0 saturated carbocycles. The van der Waals surface area contributed by atoms with Gasteiger partial charge in [0.2, 0.25) is 0 Å². The Morgan fingerprint density at radius 2 is 1.94 bits per heavy atom. The highest BCUT2D eigenvalue weighted by molar-refractivity contribution is 14.1. The molecule has 1 saturated heterocycles. The van der Waals surface area contributed by atoms with Crippen molar-refractivity contribution in [1.29, 1.82) is 0 Å². The zero-order chi connectivity index (χ0) is 12.0. The second kappa shape index (κ2) is 7.91. The monoisotopic (exact) mass is 338 g/mol. The molecule has 4 atom stereocenters. The van der Waals surface area contributed by atoms with E-state index in [0.717, 1.165) is 9.84 Å². The van der Waals surface area contributed by atoms with Crippen molar-refractivity contribution < 1.29 is 4.74 Å². The molecule has 1 nitrogen and oxygen atoms in total. The molecule has 0 unspecified atom stereocenters. The Balaban J connectivity index is 2.35. The molecule has 0 bridgehead atoms. The topological polar surface area (TPSA) is 9.23 Å². The average molecular weight is 338 g/mol. The lowest BCUT2D eigenvalue weighted by Crippen LogP contribution is -2.40. The van der Waals surface area contributed by atoms with Gasteiger partial charge in [0.15, 0.2) is 0 Å². The molecule has 1 aliphatic rings. The highest BCUT2D eigenvalue weighted by atomic mass is 127.